The molecule has 1 atom stereocenters. The molecule has 1 aromatic rings. The van der Waals surface area contributed by atoms with Crippen LogP contribution in [0.25, 0.3) is 0 Å². The van der Waals surface area contributed by atoms with Gasteiger partial charge in [0, 0.05) is 42.9 Å². The van der Waals surface area contributed by atoms with E-state index in [0.717, 1.165) is 19.1 Å². The Balaban J connectivity index is 1.70. The van der Waals surface area contributed by atoms with Gasteiger partial charge in [-0.3, -0.25) is 0 Å². The molecule has 3 rings (SSSR count). The van der Waals surface area contributed by atoms with E-state index in [1.54, 1.807) is 0 Å². The smallest absolute Gasteiger partial charge is 0.131 e. The summed E-state index contributed by atoms with van der Waals surface area (Å²) in [7, 11) is 0. The quantitative estimate of drug-likeness (QED) is 0.915. The number of thioether (sulfide) groups is 1. The largest absolute Gasteiger partial charge is 0.352 e. The Morgan fingerprint density at radius 2 is 2.32 bits per heavy atom. The van der Waals surface area contributed by atoms with Gasteiger partial charge in [-0.2, -0.15) is 11.8 Å². The van der Waals surface area contributed by atoms with E-state index in [2.05, 4.69) is 30.1 Å². The number of nitrogens with zero attached hydrogens (tertiary/aromatic N) is 2. The Morgan fingerprint density at radius 1 is 1.47 bits per heavy atom. The first-order valence-electron chi connectivity index (χ1n) is 7.27. The monoisotopic (exact) mass is 277 g/mol. The van der Waals surface area contributed by atoms with Gasteiger partial charge in [0.1, 0.15) is 5.82 Å². The van der Waals surface area contributed by atoms with Gasteiger partial charge in [-0.05, 0) is 43.9 Å². The molecule has 2 fully saturated rings. The number of pyridine rings is 1. The van der Waals surface area contributed by atoms with Gasteiger partial charge in [-0.1, -0.05) is 0 Å². The molecule has 0 bridgehead atoms. The zero-order valence-electron chi connectivity index (χ0n) is 11.9. The highest BCUT2D eigenvalue weighted by Gasteiger charge is 2.22. The van der Waals surface area contributed by atoms with Gasteiger partial charge in [0.15, 0.2) is 0 Å². The van der Waals surface area contributed by atoms with Crippen LogP contribution in [0.15, 0.2) is 12.3 Å². The van der Waals surface area contributed by atoms with Gasteiger partial charge in [-0.25, -0.2) is 4.98 Å². The highest BCUT2D eigenvalue weighted by molar-refractivity contribution is 7.99. The van der Waals surface area contributed by atoms with Gasteiger partial charge < -0.3 is 10.2 Å². The van der Waals surface area contributed by atoms with Crippen molar-refractivity contribution in [2.24, 2.45) is 0 Å². The fourth-order valence-electron chi connectivity index (χ4n) is 2.61. The highest BCUT2D eigenvalue weighted by Crippen LogP contribution is 2.26. The summed E-state index contributed by atoms with van der Waals surface area (Å²) in [4.78, 5) is 7.19. The van der Waals surface area contributed by atoms with Crippen LogP contribution in [0.1, 0.15) is 30.9 Å². The molecule has 1 aliphatic heterocycles. The van der Waals surface area contributed by atoms with Gasteiger partial charge >= 0.3 is 0 Å². The summed E-state index contributed by atoms with van der Waals surface area (Å²) in [5, 5.41) is 3.55. The average molecular weight is 277 g/mol. The second-order valence-corrected chi connectivity index (χ2v) is 6.91. The topological polar surface area (TPSA) is 28.2 Å². The molecule has 3 nitrogen and oxygen atoms in total. The van der Waals surface area contributed by atoms with Crippen molar-refractivity contribution in [3.63, 3.8) is 0 Å². The number of aryl methyl sites for hydroxylation is 1. The summed E-state index contributed by atoms with van der Waals surface area (Å²) in [6.07, 6.45) is 4.73. The van der Waals surface area contributed by atoms with Crippen molar-refractivity contribution in [3.05, 3.63) is 23.4 Å². The molecule has 0 radical (unpaired) electrons. The van der Waals surface area contributed by atoms with Gasteiger partial charge in [0.05, 0.1) is 0 Å². The fraction of sp³-hybridized carbons (Fsp3) is 0.667. The van der Waals surface area contributed by atoms with E-state index in [9.17, 15) is 0 Å². The zero-order chi connectivity index (χ0) is 13.2. The molecule has 0 amide bonds. The first kappa shape index (κ1) is 13.3. The molecule has 1 saturated heterocycles. The number of anilines is 1. The van der Waals surface area contributed by atoms with Crippen LogP contribution in [0.4, 0.5) is 5.82 Å². The maximum atomic E-state index is 4.73. The fourth-order valence-corrected chi connectivity index (χ4v) is 3.63. The summed E-state index contributed by atoms with van der Waals surface area (Å²) < 4.78 is 0. The molecule has 1 aromatic heterocycles. The van der Waals surface area contributed by atoms with Crippen LogP contribution in [0.3, 0.4) is 0 Å². The minimum absolute atomic E-state index is 0.598. The maximum absolute atomic E-state index is 4.73. The van der Waals surface area contributed by atoms with E-state index in [1.807, 2.05) is 18.0 Å². The van der Waals surface area contributed by atoms with Gasteiger partial charge in [0.2, 0.25) is 0 Å². The van der Waals surface area contributed by atoms with Crippen molar-refractivity contribution in [1.29, 1.82) is 0 Å². The SMILES string of the molecule is Cc1cc(CNC2CC2)cnc1N1CCSCC1C. The highest BCUT2D eigenvalue weighted by atomic mass is 32.2. The molecular formula is C15H23N3S. The summed E-state index contributed by atoms with van der Waals surface area (Å²) in [6, 6.07) is 3.66. The summed E-state index contributed by atoms with van der Waals surface area (Å²) in [6.45, 7) is 6.58. The second-order valence-electron chi connectivity index (χ2n) is 5.76. The molecule has 1 aliphatic carbocycles. The molecule has 2 aliphatic rings. The number of hydrogen-bond donors (Lipinski definition) is 1. The first-order chi connectivity index (χ1) is 9.24. The third-order valence-electron chi connectivity index (χ3n) is 3.92. The minimum atomic E-state index is 0.598. The molecule has 19 heavy (non-hydrogen) atoms. The lowest BCUT2D eigenvalue weighted by Crippen LogP contribution is -2.41. The molecule has 4 heteroatoms. The van der Waals surface area contributed by atoms with Crippen LogP contribution in [0, 0.1) is 6.92 Å². The van der Waals surface area contributed by atoms with E-state index in [1.165, 1.54) is 41.3 Å². The van der Waals surface area contributed by atoms with E-state index < -0.39 is 0 Å². The van der Waals surface area contributed by atoms with Crippen LogP contribution in [-0.2, 0) is 6.54 Å². The molecule has 104 valence electrons. The summed E-state index contributed by atoms with van der Waals surface area (Å²) in [5.41, 5.74) is 2.63. The predicted molar refractivity (Wildman–Crippen MR) is 83.0 cm³/mol. The van der Waals surface area contributed by atoms with Crippen molar-refractivity contribution in [3.8, 4) is 0 Å². The van der Waals surface area contributed by atoms with Crippen molar-refractivity contribution in [2.45, 2.75) is 45.3 Å². The second kappa shape index (κ2) is 5.71. The van der Waals surface area contributed by atoms with Crippen LogP contribution in [0.2, 0.25) is 0 Å². The normalized spacial score (nSPS) is 23.7. The van der Waals surface area contributed by atoms with Gasteiger partial charge in [-0.15, -0.1) is 0 Å². The Labute approximate surface area is 120 Å². The predicted octanol–water partition coefficient (Wildman–Crippen LogP) is 2.58. The lowest BCUT2D eigenvalue weighted by atomic mass is 10.1. The molecular weight excluding hydrogens is 254 g/mol. The maximum Gasteiger partial charge on any atom is 0.131 e. The van der Waals surface area contributed by atoms with Crippen molar-refractivity contribution >= 4 is 17.6 Å². The van der Waals surface area contributed by atoms with Crippen LogP contribution in [0.5, 0.6) is 0 Å². The van der Waals surface area contributed by atoms with E-state index in [0.29, 0.717) is 6.04 Å². The Bertz CT molecular complexity index is 445. The van der Waals surface area contributed by atoms with E-state index in [-0.39, 0.29) is 0 Å². The first-order valence-corrected chi connectivity index (χ1v) is 8.43. The van der Waals surface area contributed by atoms with Gasteiger partial charge in [0.25, 0.3) is 0 Å². The standard InChI is InChI=1S/C15H23N3S/c1-11-7-13(8-16-14-3-4-14)9-17-15(11)18-5-6-19-10-12(18)2/h7,9,12,14,16H,3-6,8,10H2,1-2H3. The Kier molecular flexibility index (Phi) is 3.99. The third-order valence-corrected chi connectivity index (χ3v) is 5.11. The molecule has 0 spiro atoms. The molecule has 0 aromatic carbocycles. The Hall–Kier alpha value is -0.740. The lowest BCUT2D eigenvalue weighted by Gasteiger charge is -2.35. The lowest BCUT2D eigenvalue weighted by molar-refractivity contribution is 0.675. The third kappa shape index (κ3) is 3.23. The molecule has 1 saturated carbocycles. The van der Waals surface area contributed by atoms with Crippen molar-refractivity contribution in [2.75, 3.05) is 23.0 Å². The number of hydrogen-bond acceptors (Lipinski definition) is 4. The van der Waals surface area contributed by atoms with Crippen molar-refractivity contribution in [1.82, 2.24) is 10.3 Å². The molecule has 2 heterocycles. The number of aromatic nitrogens is 1. The van der Waals surface area contributed by atoms with Crippen LogP contribution in [-0.4, -0.2) is 35.1 Å². The van der Waals surface area contributed by atoms with Crippen LogP contribution >= 0.6 is 11.8 Å². The number of rotatable bonds is 4. The van der Waals surface area contributed by atoms with Crippen LogP contribution < -0.4 is 10.2 Å². The van der Waals surface area contributed by atoms with E-state index in [4.69, 9.17) is 4.98 Å². The minimum Gasteiger partial charge on any atom is -0.352 e. The number of nitrogens with one attached hydrogen (secondary N) is 1. The summed E-state index contributed by atoms with van der Waals surface area (Å²) in [5.74, 6) is 3.62. The summed E-state index contributed by atoms with van der Waals surface area (Å²) >= 11 is 2.05. The van der Waals surface area contributed by atoms with E-state index >= 15 is 0 Å². The van der Waals surface area contributed by atoms with Crippen molar-refractivity contribution < 1.29 is 0 Å². The average Bonchev–Trinajstić information content (AvgIpc) is 3.22. The zero-order valence-corrected chi connectivity index (χ0v) is 12.7. The Morgan fingerprint density at radius 3 is 3.00 bits per heavy atom. The molecule has 1 unspecified atom stereocenters. The molecule has 1 N–H and O–H groups in total.